The molecule has 1 heterocycles. The topological polar surface area (TPSA) is 88.7 Å². The van der Waals surface area contributed by atoms with Gasteiger partial charge in [0.25, 0.3) is 5.91 Å². The summed E-state index contributed by atoms with van der Waals surface area (Å²) >= 11 is 6.27. The van der Waals surface area contributed by atoms with Crippen LogP contribution < -0.4 is 20.7 Å². The van der Waals surface area contributed by atoms with Gasteiger partial charge in [-0.1, -0.05) is 43.0 Å². The lowest BCUT2D eigenvalue weighted by Crippen LogP contribution is -2.36. The average molecular weight is 486 g/mol. The Morgan fingerprint density at radius 3 is 2.65 bits per heavy atom. The molecule has 8 heteroatoms. The molecule has 0 spiro atoms. The summed E-state index contributed by atoms with van der Waals surface area (Å²) in [5.41, 5.74) is 1.62. The molecule has 1 saturated carbocycles. The highest BCUT2D eigenvalue weighted by Crippen LogP contribution is 2.26. The minimum Gasteiger partial charge on any atom is -0.489 e. The first-order valence-electron chi connectivity index (χ1n) is 12.1. The van der Waals surface area contributed by atoms with E-state index in [2.05, 4.69) is 16.0 Å². The van der Waals surface area contributed by atoms with Crippen molar-refractivity contribution in [3.63, 3.8) is 0 Å². The zero-order valence-electron chi connectivity index (χ0n) is 19.3. The van der Waals surface area contributed by atoms with Gasteiger partial charge < -0.3 is 25.4 Å². The van der Waals surface area contributed by atoms with Crippen molar-refractivity contribution in [2.45, 2.75) is 57.1 Å². The first-order chi connectivity index (χ1) is 16.6. The number of para-hydroxylation sites is 2. The minimum absolute atomic E-state index is 0.0481. The summed E-state index contributed by atoms with van der Waals surface area (Å²) in [4.78, 5) is 25.3. The van der Waals surface area contributed by atoms with Gasteiger partial charge in [0.1, 0.15) is 12.4 Å². The Morgan fingerprint density at radius 2 is 1.85 bits per heavy atom. The summed E-state index contributed by atoms with van der Waals surface area (Å²) in [7, 11) is 0. The van der Waals surface area contributed by atoms with Gasteiger partial charge in [0, 0.05) is 18.3 Å². The van der Waals surface area contributed by atoms with Crippen LogP contribution in [0.15, 0.2) is 42.5 Å². The number of carbonyl (C=O) groups excluding carboxylic acids is 2. The van der Waals surface area contributed by atoms with Crippen molar-refractivity contribution in [3.05, 3.63) is 53.1 Å². The summed E-state index contributed by atoms with van der Waals surface area (Å²) < 4.78 is 11.5. The number of amides is 2. The summed E-state index contributed by atoms with van der Waals surface area (Å²) in [6, 6.07) is 12.6. The van der Waals surface area contributed by atoms with E-state index in [1.165, 1.54) is 6.42 Å². The molecular formula is C26H32ClN3O4. The predicted octanol–water partition coefficient (Wildman–Crippen LogP) is 5.01. The second-order valence-electron chi connectivity index (χ2n) is 8.85. The molecule has 2 amide bonds. The number of hydrogen-bond donors (Lipinski definition) is 3. The summed E-state index contributed by atoms with van der Waals surface area (Å²) in [5, 5.41) is 9.39. The van der Waals surface area contributed by atoms with Crippen molar-refractivity contribution in [1.29, 1.82) is 0 Å². The van der Waals surface area contributed by atoms with Gasteiger partial charge in [-0.2, -0.15) is 0 Å². The summed E-state index contributed by atoms with van der Waals surface area (Å²) in [6.07, 6.45) is 7.63. The van der Waals surface area contributed by atoms with Gasteiger partial charge in [0.05, 0.1) is 28.9 Å². The van der Waals surface area contributed by atoms with E-state index in [1.807, 2.05) is 24.3 Å². The molecule has 4 rings (SSSR count). The van der Waals surface area contributed by atoms with Gasteiger partial charge in [-0.15, -0.1) is 0 Å². The highest BCUT2D eigenvalue weighted by molar-refractivity contribution is 6.34. The smallest absolute Gasteiger partial charge is 0.253 e. The van der Waals surface area contributed by atoms with Crippen molar-refractivity contribution < 1.29 is 19.1 Å². The zero-order chi connectivity index (χ0) is 23.8. The van der Waals surface area contributed by atoms with Crippen molar-refractivity contribution >= 4 is 34.8 Å². The number of halogens is 1. The molecule has 1 atom stereocenters. The Balaban J connectivity index is 1.31. The van der Waals surface area contributed by atoms with E-state index in [0.717, 1.165) is 50.8 Å². The van der Waals surface area contributed by atoms with E-state index in [-0.39, 0.29) is 30.5 Å². The highest BCUT2D eigenvalue weighted by atomic mass is 35.5. The largest absolute Gasteiger partial charge is 0.489 e. The van der Waals surface area contributed by atoms with E-state index in [1.54, 1.807) is 18.2 Å². The summed E-state index contributed by atoms with van der Waals surface area (Å²) in [5.74, 6) is 0.234. The van der Waals surface area contributed by atoms with E-state index in [9.17, 15) is 9.59 Å². The monoisotopic (exact) mass is 485 g/mol. The fourth-order valence-corrected chi connectivity index (χ4v) is 4.57. The van der Waals surface area contributed by atoms with Gasteiger partial charge in [0.15, 0.2) is 0 Å². The average Bonchev–Trinajstić information content (AvgIpc) is 3.37. The standard InChI is InChI=1S/C26H32ClN3O4/c27-22-13-12-19(15-21(22)26(32)30-18-7-2-1-3-8-18)29-25(31)16-28-23-10-4-5-11-24(23)34-17-20-9-6-14-33-20/h4-5,10-13,15,18,20,28H,1-3,6-9,14,16-17H2,(H,29,31)(H,30,32). The second kappa shape index (κ2) is 12.1. The maximum Gasteiger partial charge on any atom is 0.253 e. The number of rotatable bonds is 9. The van der Waals surface area contributed by atoms with Crippen LogP contribution in [0.1, 0.15) is 55.3 Å². The van der Waals surface area contributed by atoms with Gasteiger partial charge in [-0.05, 0) is 56.0 Å². The Morgan fingerprint density at radius 1 is 1.03 bits per heavy atom. The third kappa shape index (κ3) is 6.87. The lowest BCUT2D eigenvalue weighted by molar-refractivity contribution is -0.114. The molecule has 0 aromatic heterocycles. The third-order valence-corrected chi connectivity index (χ3v) is 6.54. The Hall–Kier alpha value is -2.77. The van der Waals surface area contributed by atoms with Crippen molar-refractivity contribution in [2.24, 2.45) is 0 Å². The van der Waals surface area contributed by atoms with Gasteiger partial charge in [0.2, 0.25) is 5.91 Å². The van der Waals surface area contributed by atoms with Gasteiger partial charge >= 0.3 is 0 Å². The van der Waals surface area contributed by atoms with Crippen LogP contribution in [0.25, 0.3) is 0 Å². The Bertz CT molecular complexity index is 988. The molecule has 2 aromatic carbocycles. The number of ether oxygens (including phenoxy) is 2. The third-order valence-electron chi connectivity index (χ3n) is 6.21. The fourth-order valence-electron chi connectivity index (χ4n) is 4.36. The van der Waals surface area contributed by atoms with Crippen LogP contribution in [0.2, 0.25) is 5.02 Å². The zero-order valence-corrected chi connectivity index (χ0v) is 20.0. The van der Waals surface area contributed by atoms with Gasteiger partial charge in [-0.3, -0.25) is 9.59 Å². The first-order valence-corrected chi connectivity index (χ1v) is 12.4. The maximum atomic E-state index is 12.7. The minimum atomic E-state index is -0.241. The quantitative estimate of drug-likeness (QED) is 0.464. The summed E-state index contributed by atoms with van der Waals surface area (Å²) in [6.45, 7) is 1.32. The van der Waals surface area contributed by atoms with Crippen LogP contribution in [0.4, 0.5) is 11.4 Å². The van der Waals surface area contributed by atoms with Crippen LogP contribution >= 0.6 is 11.6 Å². The maximum absolute atomic E-state index is 12.7. The Labute approximate surface area is 205 Å². The second-order valence-corrected chi connectivity index (χ2v) is 9.25. The van der Waals surface area contributed by atoms with Crippen molar-refractivity contribution in [1.82, 2.24) is 5.32 Å². The van der Waals surface area contributed by atoms with Crippen LogP contribution in [0.5, 0.6) is 5.75 Å². The van der Waals surface area contributed by atoms with Crippen LogP contribution in [0.3, 0.4) is 0 Å². The highest BCUT2D eigenvalue weighted by Gasteiger charge is 2.19. The molecule has 2 aromatic rings. The van der Waals surface area contributed by atoms with Crippen molar-refractivity contribution in [2.75, 3.05) is 30.4 Å². The SMILES string of the molecule is O=C(CNc1ccccc1OCC1CCCO1)Nc1ccc(Cl)c(C(=O)NC2CCCCC2)c1. The molecule has 1 aliphatic heterocycles. The molecule has 0 bridgehead atoms. The molecule has 1 unspecified atom stereocenters. The molecule has 7 nitrogen and oxygen atoms in total. The molecule has 182 valence electrons. The molecular weight excluding hydrogens is 454 g/mol. The molecule has 2 fully saturated rings. The molecule has 3 N–H and O–H groups in total. The first kappa shape index (κ1) is 24.4. The van der Waals surface area contributed by atoms with Crippen LogP contribution in [-0.2, 0) is 9.53 Å². The van der Waals surface area contributed by atoms with Crippen LogP contribution in [-0.4, -0.2) is 43.7 Å². The number of benzene rings is 2. The van der Waals surface area contributed by atoms with E-state index >= 15 is 0 Å². The fraction of sp³-hybridized carbons (Fsp3) is 0.462. The predicted molar refractivity (Wildman–Crippen MR) is 134 cm³/mol. The van der Waals surface area contributed by atoms with E-state index in [0.29, 0.717) is 28.6 Å². The van der Waals surface area contributed by atoms with E-state index in [4.69, 9.17) is 21.1 Å². The molecule has 1 aliphatic carbocycles. The molecule has 0 radical (unpaired) electrons. The van der Waals surface area contributed by atoms with Gasteiger partial charge in [-0.25, -0.2) is 0 Å². The number of carbonyl (C=O) groups is 2. The van der Waals surface area contributed by atoms with Crippen LogP contribution in [0, 0.1) is 0 Å². The lowest BCUT2D eigenvalue weighted by atomic mass is 9.95. The number of nitrogens with one attached hydrogen (secondary N) is 3. The molecule has 2 aliphatic rings. The lowest BCUT2D eigenvalue weighted by Gasteiger charge is -2.23. The molecule has 1 saturated heterocycles. The Kier molecular flexibility index (Phi) is 8.66. The number of hydrogen-bond acceptors (Lipinski definition) is 5. The normalized spacial score (nSPS) is 18.3. The van der Waals surface area contributed by atoms with E-state index < -0.39 is 0 Å². The molecule has 34 heavy (non-hydrogen) atoms. The number of anilines is 2. The van der Waals surface area contributed by atoms with Crippen molar-refractivity contribution in [3.8, 4) is 5.75 Å².